The van der Waals surface area contributed by atoms with Gasteiger partial charge in [-0.2, -0.15) is 0 Å². The highest BCUT2D eigenvalue weighted by Crippen LogP contribution is 2.02. The van der Waals surface area contributed by atoms with Crippen LogP contribution in [0.4, 0.5) is 0 Å². The van der Waals surface area contributed by atoms with Crippen LogP contribution in [0.25, 0.3) is 0 Å². The quantitative estimate of drug-likeness (QED) is 0.584. The third-order valence-electron chi connectivity index (χ3n) is 2.20. The molecular formula is C11H24N2O2. The van der Waals surface area contributed by atoms with Gasteiger partial charge in [0.15, 0.2) is 0 Å². The van der Waals surface area contributed by atoms with Crippen molar-refractivity contribution in [2.45, 2.75) is 52.2 Å². The number of nitrogens with one attached hydrogen (secondary N) is 1. The van der Waals surface area contributed by atoms with E-state index < -0.39 is 12.1 Å². The van der Waals surface area contributed by atoms with E-state index in [0.717, 1.165) is 6.42 Å². The fourth-order valence-corrected chi connectivity index (χ4v) is 1.40. The molecule has 0 heterocycles. The van der Waals surface area contributed by atoms with Crippen LogP contribution in [0.3, 0.4) is 0 Å². The molecule has 0 aliphatic carbocycles. The van der Waals surface area contributed by atoms with Crippen LogP contribution >= 0.6 is 0 Å². The zero-order chi connectivity index (χ0) is 11.8. The highest BCUT2D eigenvalue weighted by atomic mass is 16.3. The molecular weight excluding hydrogens is 192 g/mol. The number of carbonyl (C=O) groups is 1. The Morgan fingerprint density at radius 3 is 2.53 bits per heavy atom. The monoisotopic (exact) mass is 216 g/mol. The number of amides is 1. The third-order valence-corrected chi connectivity index (χ3v) is 2.20. The van der Waals surface area contributed by atoms with Crippen molar-refractivity contribution in [3.63, 3.8) is 0 Å². The first-order chi connectivity index (χ1) is 6.97. The Labute approximate surface area is 92.2 Å². The van der Waals surface area contributed by atoms with Crippen LogP contribution in [-0.4, -0.2) is 29.7 Å². The number of carbonyl (C=O) groups excluding carboxylic acids is 1. The summed E-state index contributed by atoms with van der Waals surface area (Å²) in [4.78, 5) is 11.4. The Bertz CT molecular complexity index is 183. The van der Waals surface area contributed by atoms with E-state index in [9.17, 15) is 9.90 Å². The van der Waals surface area contributed by atoms with Crippen LogP contribution in [0, 0.1) is 5.92 Å². The topological polar surface area (TPSA) is 75.3 Å². The predicted molar refractivity (Wildman–Crippen MR) is 61.4 cm³/mol. The molecule has 0 aromatic carbocycles. The maximum absolute atomic E-state index is 11.4. The number of aliphatic hydroxyl groups is 1. The van der Waals surface area contributed by atoms with Crippen molar-refractivity contribution in [2.24, 2.45) is 11.7 Å². The number of hydrogen-bond donors (Lipinski definition) is 3. The van der Waals surface area contributed by atoms with E-state index in [0.29, 0.717) is 25.3 Å². The predicted octanol–water partition coefficient (Wildman–Crippen LogP) is 0.637. The second-order valence-corrected chi connectivity index (χ2v) is 4.42. The zero-order valence-corrected chi connectivity index (χ0v) is 9.99. The van der Waals surface area contributed by atoms with Crippen molar-refractivity contribution in [1.29, 1.82) is 0 Å². The molecule has 4 nitrogen and oxygen atoms in total. The summed E-state index contributed by atoms with van der Waals surface area (Å²) in [5.74, 6) is 0.241. The molecule has 0 saturated heterocycles. The lowest BCUT2D eigenvalue weighted by atomic mass is 10.0. The van der Waals surface area contributed by atoms with Gasteiger partial charge in [0.1, 0.15) is 0 Å². The Morgan fingerprint density at radius 1 is 1.47 bits per heavy atom. The molecule has 0 aliphatic heterocycles. The molecule has 90 valence electrons. The first-order valence-corrected chi connectivity index (χ1v) is 5.68. The standard InChI is InChI=1S/C11H24N2O2/c1-4-5-9(14)7-13-11(15)10(12)6-8(2)3/h8-10,14H,4-7,12H2,1-3H3,(H,13,15)/t9?,10-/m1/s1. The minimum Gasteiger partial charge on any atom is -0.391 e. The lowest BCUT2D eigenvalue weighted by Crippen LogP contribution is -2.44. The Morgan fingerprint density at radius 2 is 2.07 bits per heavy atom. The molecule has 0 aromatic rings. The number of rotatable bonds is 7. The SMILES string of the molecule is CCCC(O)CNC(=O)[C@H](N)CC(C)C. The number of hydrogen-bond acceptors (Lipinski definition) is 3. The van der Waals surface area contributed by atoms with Gasteiger partial charge in [0.25, 0.3) is 0 Å². The van der Waals surface area contributed by atoms with Gasteiger partial charge in [-0.05, 0) is 18.8 Å². The van der Waals surface area contributed by atoms with Gasteiger partial charge >= 0.3 is 0 Å². The lowest BCUT2D eigenvalue weighted by molar-refractivity contribution is -0.123. The van der Waals surface area contributed by atoms with Gasteiger partial charge < -0.3 is 16.2 Å². The summed E-state index contributed by atoms with van der Waals surface area (Å²) in [5.41, 5.74) is 5.68. The van der Waals surface area contributed by atoms with Gasteiger partial charge in [0.2, 0.25) is 5.91 Å². The largest absolute Gasteiger partial charge is 0.391 e. The summed E-state index contributed by atoms with van der Waals surface area (Å²) >= 11 is 0. The summed E-state index contributed by atoms with van der Waals surface area (Å²) in [6.45, 7) is 6.35. The van der Waals surface area contributed by atoms with E-state index in [-0.39, 0.29) is 5.91 Å². The van der Waals surface area contributed by atoms with Crippen LogP contribution in [0.5, 0.6) is 0 Å². The summed E-state index contributed by atoms with van der Waals surface area (Å²) < 4.78 is 0. The van der Waals surface area contributed by atoms with Crippen LogP contribution in [0.1, 0.15) is 40.0 Å². The third kappa shape index (κ3) is 7.33. The molecule has 0 aromatic heterocycles. The van der Waals surface area contributed by atoms with Crippen LogP contribution in [-0.2, 0) is 4.79 Å². The normalized spacial score (nSPS) is 15.1. The second kappa shape index (κ2) is 7.65. The van der Waals surface area contributed by atoms with E-state index in [1.54, 1.807) is 0 Å². The molecule has 0 aliphatic rings. The smallest absolute Gasteiger partial charge is 0.237 e. The van der Waals surface area contributed by atoms with Gasteiger partial charge in [0, 0.05) is 6.54 Å². The fourth-order valence-electron chi connectivity index (χ4n) is 1.40. The van der Waals surface area contributed by atoms with Crippen LogP contribution in [0.15, 0.2) is 0 Å². The van der Waals surface area contributed by atoms with E-state index in [1.165, 1.54) is 0 Å². The van der Waals surface area contributed by atoms with Crippen molar-refractivity contribution < 1.29 is 9.90 Å². The highest BCUT2D eigenvalue weighted by molar-refractivity contribution is 5.81. The van der Waals surface area contributed by atoms with Crippen LogP contribution < -0.4 is 11.1 Å². The summed E-state index contributed by atoms with van der Waals surface area (Å²) in [5, 5.41) is 12.1. The van der Waals surface area contributed by atoms with Crippen molar-refractivity contribution in [3.8, 4) is 0 Å². The average Bonchev–Trinajstić information content (AvgIpc) is 2.13. The average molecular weight is 216 g/mol. The van der Waals surface area contributed by atoms with E-state index in [4.69, 9.17) is 5.73 Å². The summed E-state index contributed by atoms with van der Waals surface area (Å²) in [6, 6.07) is -0.459. The molecule has 15 heavy (non-hydrogen) atoms. The first-order valence-electron chi connectivity index (χ1n) is 5.68. The highest BCUT2D eigenvalue weighted by Gasteiger charge is 2.15. The summed E-state index contributed by atoms with van der Waals surface area (Å²) in [7, 11) is 0. The van der Waals surface area contributed by atoms with Gasteiger partial charge in [-0.3, -0.25) is 4.79 Å². The Hall–Kier alpha value is -0.610. The molecule has 0 saturated carbocycles. The molecule has 0 radical (unpaired) electrons. The number of aliphatic hydroxyl groups excluding tert-OH is 1. The fraction of sp³-hybridized carbons (Fsp3) is 0.909. The van der Waals surface area contributed by atoms with Gasteiger partial charge in [0.05, 0.1) is 12.1 Å². The maximum atomic E-state index is 11.4. The minimum absolute atomic E-state index is 0.168. The van der Waals surface area contributed by atoms with Crippen molar-refractivity contribution in [3.05, 3.63) is 0 Å². The minimum atomic E-state index is -0.459. The van der Waals surface area contributed by atoms with E-state index in [2.05, 4.69) is 5.32 Å². The van der Waals surface area contributed by atoms with Gasteiger partial charge in [-0.1, -0.05) is 27.2 Å². The van der Waals surface area contributed by atoms with E-state index in [1.807, 2.05) is 20.8 Å². The van der Waals surface area contributed by atoms with Gasteiger partial charge in [-0.25, -0.2) is 0 Å². The molecule has 4 N–H and O–H groups in total. The summed E-state index contributed by atoms with van der Waals surface area (Å²) in [6.07, 6.45) is 1.84. The molecule has 0 rings (SSSR count). The molecule has 4 heteroatoms. The lowest BCUT2D eigenvalue weighted by Gasteiger charge is -2.16. The molecule has 0 fully saturated rings. The Kier molecular flexibility index (Phi) is 7.34. The van der Waals surface area contributed by atoms with Crippen LogP contribution in [0.2, 0.25) is 0 Å². The molecule has 1 unspecified atom stereocenters. The van der Waals surface area contributed by atoms with Crippen molar-refractivity contribution >= 4 is 5.91 Å². The zero-order valence-electron chi connectivity index (χ0n) is 9.99. The van der Waals surface area contributed by atoms with Crippen molar-refractivity contribution in [1.82, 2.24) is 5.32 Å². The Balaban J connectivity index is 3.72. The van der Waals surface area contributed by atoms with Crippen molar-refractivity contribution in [2.75, 3.05) is 6.54 Å². The molecule has 0 spiro atoms. The molecule has 1 amide bonds. The first kappa shape index (κ1) is 14.4. The van der Waals surface area contributed by atoms with Gasteiger partial charge in [-0.15, -0.1) is 0 Å². The molecule has 2 atom stereocenters. The molecule has 0 bridgehead atoms. The van der Waals surface area contributed by atoms with E-state index >= 15 is 0 Å². The maximum Gasteiger partial charge on any atom is 0.237 e. The number of nitrogens with two attached hydrogens (primary N) is 1. The second-order valence-electron chi connectivity index (χ2n) is 4.42.